The number of carbonyl (C=O) groups excluding carboxylic acids is 1. The van der Waals surface area contributed by atoms with Crippen molar-refractivity contribution in [3.05, 3.63) is 62.0 Å². The van der Waals surface area contributed by atoms with Gasteiger partial charge in [-0.15, -0.1) is 11.3 Å². The molecular formula is C22H25ClN4O2S. The number of thiazole rings is 1. The molecule has 1 saturated carbocycles. The lowest BCUT2D eigenvalue weighted by molar-refractivity contribution is 0.0696. The fourth-order valence-electron chi connectivity index (χ4n) is 4.01. The van der Waals surface area contributed by atoms with Gasteiger partial charge in [-0.2, -0.15) is 0 Å². The van der Waals surface area contributed by atoms with E-state index in [2.05, 4.69) is 10.3 Å². The van der Waals surface area contributed by atoms with Gasteiger partial charge in [-0.05, 0) is 38.0 Å². The summed E-state index contributed by atoms with van der Waals surface area (Å²) in [5.41, 5.74) is 2.76. The summed E-state index contributed by atoms with van der Waals surface area (Å²) in [5, 5.41) is 5.58. The number of hydrogen-bond acceptors (Lipinski definition) is 5. The molecule has 6 nitrogen and oxygen atoms in total. The van der Waals surface area contributed by atoms with Crippen molar-refractivity contribution in [3.63, 3.8) is 0 Å². The first-order chi connectivity index (χ1) is 14.4. The molecule has 4 rings (SSSR count). The normalized spacial score (nSPS) is 14.8. The molecule has 1 aromatic carbocycles. The standard InChI is InChI=1S/C22H25ClN4O2S/c1-14-13-30-22-25-16(11-20(28)27(14)22)12-24-15-8-9-18(19(23)10-15)21(29)26(2)17-6-4-3-5-7-17/h8-11,13,17,24H,3-7,12H2,1-2H3. The van der Waals surface area contributed by atoms with Crippen LogP contribution in [-0.4, -0.2) is 33.3 Å². The van der Waals surface area contributed by atoms with Crippen LogP contribution in [0.2, 0.25) is 5.02 Å². The van der Waals surface area contributed by atoms with Gasteiger partial charge in [0.1, 0.15) is 0 Å². The zero-order valence-electron chi connectivity index (χ0n) is 17.2. The molecule has 8 heteroatoms. The van der Waals surface area contributed by atoms with Crippen LogP contribution in [0.25, 0.3) is 4.96 Å². The Hall–Kier alpha value is -2.38. The summed E-state index contributed by atoms with van der Waals surface area (Å²) in [6, 6.07) is 7.19. The maximum atomic E-state index is 12.9. The molecule has 0 aliphatic heterocycles. The van der Waals surface area contributed by atoms with Crippen molar-refractivity contribution in [2.75, 3.05) is 12.4 Å². The monoisotopic (exact) mass is 444 g/mol. The Morgan fingerprint density at radius 3 is 2.80 bits per heavy atom. The minimum absolute atomic E-state index is 0.0355. The zero-order chi connectivity index (χ0) is 21.3. The lowest BCUT2D eigenvalue weighted by Gasteiger charge is -2.31. The minimum atomic E-state index is -0.0831. The zero-order valence-corrected chi connectivity index (χ0v) is 18.7. The number of rotatable bonds is 5. The Bertz CT molecular complexity index is 1130. The number of nitrogens with zero attached hydrogens (tertiary/aromatic N) is 3. The van der Waals surface area contributed by atoms with Crippen LogP contribution in [0.3, 0.4) is 0 Å². The van der Waals surface area contributed by atoms with Crippen LogP contribution < -0.4 is 10.9 Å². The quantitative estimate of drug-likeness (QED) is 0.617. The molecule has 1 aliphatic carbocycles. The van der Waals surface area contributed by atoms with Crippen molar-refractivity contribution < 1.29 is 4.79 Å². The molecule has 1 fully saturated rings. The van der Waals surface area contributed by atoms with E-state index in [1.54, 1.807) is 22.6 Å². The highest BCUT2D eigenvalue weighted by molar-refractivity contribution is 7.15. The van der Waals surface area contributed by atoms with Gasteiger partial charge in [-0.3, -0.25) is 14.0 Å². The first-order valence-corrected chi connectivity index (χ1v) is 11.5. The lowest BCUT2D eigenvalue weighted by atomic mass is 9.94. The van der Waals surface area contributed by atoms with Crippen molar-refractivity contribution in [3.8, 4) is 0 Å². The predicted octanol–water partition coefficient (Wildman–Crippen LogP) is 4.73. The fourth-order valence-corrected chi connectivity index (χ4v) is 5.16. The third-order valence-electron chi connectivity index (χ3n) is 5.74. The Morgan fingerprint density at radius 1 is 1.30 bits per heavy atom. The molecule has 0 saturated heterocycles. The molecule has 1 aliphatic rings. The van der Waals surface area contributed by atoms with E-state index in [0.717, 1.165) is 24.2 Å². The SMILES string of the molecule is Cc1csc2nc(CNc3ccc(C(=O)N(C)C4CCCCC4)c(Cl)c3)cc(=O)n12. The predicted molar refractivity (Wildman–Crippen MR) is 122 cm³/mol. The van der Waals surface area contributed by atoms with Gasteiger partial charge in [-0.1, -0.05) is 30.9 Å². The van der Waals surface area contributed by atoms with Crippen LogP contribution in [0, 0.1) is 6.92 Å². The van der Waals surface area contributed by atoms with Crippen LogP contribution >= 0.6 is 22.9 Å². The van der Waals surface area contributed by atoms with Crippen LogP contribution in [-0.2, 0) is 6.54 Å². The molecular weight excluding hydrogens is 420 g/mol. The number of anilines is 1. The van der Waals surface area contributed by atoms with Gasteiger partial charge in [0, 0.05) is 35.9 Å². The number of carbonyl (C=O) groups is 1. The molecule has 1 N–H and O–H groups in total. The molecule has 0 atom stereocenters. The van der Waals surface area contributed by atoms with Gasteiger partial charge in [-0.25, -0.2) is 4.98 Å². The average molecular weight is 445 g/mol. The highest BCUT2D eigenvalue weighted by Gasteiger charge is 2.24. The number of aryl methyl sites for hydroxylation is 1. The van der Waals surface area contributed by atoms with E-state index in [1.165, 1.54) is 30.6 Å². The van der Waals surface area contributed by atoms with Gasteiger partial charge in [0.05, 0.1) is 22.8 Å². The summed E-state index contributed by atoms with van der Waals surface area (Å²) in [6.45, 7) is 2.29. The molecule has 158 valence electrons. The highest BCUT2D eigenvalue weighted by atomic mass is 35.5. The first-order valence-electron chi connectivity index (χ1n) is 10.2. The molecule has 0 unspecified atom stereocenters. The summed E-state index contributed by atoms with van der Waals surface area (Å²) in [5.74, 6) is -0.0355. The molecule has 30 heavy (non-hydrogen) atoms. The number of benzene rings is 1. The minimum Gasteiger partial charge on any atom is -0.379 e. The summed E-state index contributed by atoms with van der Waals surface area (Å²) in [4.78, 5) is 32.3. The largest absolute Gasteiger partial charge is 0.379 e. The second kappa shape index (κ2) is 8.78. The van der Waals surface area contributed by atoms with Crippen molar-refractivity contribution in [1.82, 2.24) is 14.3 Å². The van der Waals surface area contributed by atoms with Crippen LogP contribution in [0.5, 0.6) is 0 Å². The molecule has 0 spiro atoms. The number of halogens is 1. The number of amides is 1. The van der Waals surface area contributed by atoms with Crippen LogP contribution in [0.1, 0.15) is 53.8 Å². The summed E-state index contributed by atoms with van der Waals surface area (Å²) >= 11 is 7.89. The van der Waals surface area contributed by atoms with Gasteiger partial charge in [0.15, 0.2) is 4.96 Å². The second-order valence-corrected chi connectivity index (χ2v) is 9.08. The van der Waals surface area contributed by atoms with Crippen LogP contribution in [0.15, 0.2) is 34.4 Å². The van der Waals surface area contributed by atoms with E-state index in [4.69, 9.17) is 11.6 Å². The van der Waals surface area contributed by atoms with Crippen molar-refractivity contribution in [1.29, 1.82) is 0 Å². The molecule has 1 amide bonds. The Labute approximate surface area is 184 Å². The third-order valence-corrected chi connectivity index (χ3v) is 7.00. The van der Waals surface area contributed by atoms with Crippen molar-refractivity contribution >= 4 is 39.5 Å². The first kappa shape index (κ1) is 20.9. The summed E-state index contributed by atoms with van der Waals surface area (Å²) in [7, 11) is 1.87. The Morgan fingerprint density at radius 2 is 2.07 bits per heavy atom. The fraction of sp³-hybridized carbons (Fsp3) is 0.409. The number of hydrogen-bond donors (Lipinski definition) is 1. The summed E-state index contributed by atoms with van der Waals surface area (Å²) < 4.78 is 1.61. The lowest BCUT2D eigenvalue weighted by Crippen LogP contribution is -2.38. The second-order valence-electron chi connectivity index (χ2n) is 7.84. The van der Waals surface area contributed by atoms with E-state index in [0.29, 0.717) is 33.8 Å². The van der Waals surface area contributed by atoms with Gasteiger partial charge >= 0.3 is 0 Å². The van der Waals surface area contributed by atoms with Gasteiger partial charge in [0.2, 0.25) is 0 Å². The Balaban J connectivity index is 1.45. The highest BCUT2D eigenvalue weighted by Crippen LogP contribution is 2.26. The number of aromatic nitrogens is 2. The molecule has 2 aromatic heterocycles. The van der Waals surface area contributed by atoms with E-state index >= 15 is 0 Å². The topological polar surface area (TPSA) is 66.7 Å². The average Bonchev–Trinajstić information content (AvgIpc) is 3.13. The Kier molecular flexibility index (Phi) is 6.11. The van der Waals surface area contributed by atoms with E-state index in [-0.39, 0.29) is 11.5 Å². The van der Waals surface area contributed by atoms with Gasteiger partial charge in [0.25, 0.3) is 11.5 Å². The van der Waals surface area contributed by atoms with Crippen LogP contribution in [0.4, 0.5) is 5.69 Å². The molecule has 0 bridgehead atoms. The third kappa shape index (κ3) is 4.23. The van der Waals surface area contributed by atoms with Crippen molar-refractivity contribution in [2.45, 2.75) is 51.6 Å². The number of nitrogens with one attached hydrogen (secondary N) is 1. The molecule has 0 radical (unpaired) electrons. The van der Waals surface area contributed by atoms with Gasteiger partial charge < -0.3 is 10.2 Å². The molecule has 3 aromatic rings. The summed E-state index contributed by atoms with van der Waals surface area (Å²) in [6.07, 6.45) is 5.71. The van der Waals surface area contributed by atoms with Crippen molar-refractivity contribution in [2.24, 2.45) is 0 Å². The van der Waals surface area contributed by atoms with E-state index in [9.17, 15) is 9.59 Å². The smallest absolute Gasteiger partial charge is 0.259 e. The number of fused-ring (bicyclic) bond motifs is 1. The van der Waals surface area contributed by atoms with E-state index in [1.807, 2.05) is 30.3 Å². The maximum absolute atomic E-state index is 12.9. The molecule has 2 heterocycles. The van der Waals surface area contributed by atoms with E-state index < -0.39 is 0 Å². The maximum Gasteiger partial charge on any atom is 0.259 e.